The number of carbonyl (C=O) groups is 1. The number of piperidine rings is 1. The standard InChI is InChI=1S/C17H26N2O3.ClH/c1-4-21-15-9-8-13(11-16(15)22-5-2)17(20)19-14-7-6-10-18-12(14)3;/h8-9,11-12,14,18H,4-7,10H2,1-3H3,(H,19,20);1H. The van der Waals surface area contributed by atoms with Gasteiger partial charge in [-0.3, -0.25) is 4.79 Å². The van der Waals surface area contributed by atoms with Gasteiger partial charge in [-0.1, -0.05) is 0 Å². The fourth-order valence-electron chi connectivity index (χ4n) is 2.69. The number of hydrogen-bond donors (Lipinski definition) is 2. The van der Waals surface area contributed by atoms with Gasteiger partial charge in [-0.25, -0.2) is 0 Å². The summed E-state index contributed by atoms with van der Waals surface area (Å²) in [6.07, 6.45) is 2.10. The fraction of sp³-hybridized carbons (Fsp3) is 0.588. The number of amides is 1. The number of halogens is 1. The normalized spacial score (nSPS) is 20.3. The molecule has 1 aromatic carbocycles. The lowest BCUT2D eigenvalue weighted by Gasteiger charge is -2.30. The van der Waals surface area contributed by atoms with Crippen LogP contribution in [0.5, 0.6) is 11.5 Å². The molecule has 0 aromatic heterocycles. The van der Waals surface area contributed by atoms with Crippen LogP contribution in [-0.4, -0.2) is 37.7 Å². The minimum absolute atomic E-state index is 0. The summed E-state index contributed by atoms with van der Waals surface area (Å²) in [4.78, 5) is 12.4. The zero-order valence-corrected chi connectivity index (χ0v) is 14.9. The maximum absolute atomic E-state index is 12.4. The highest BCUT2D eigenvalue weighted by atomic mass is 35.5. The van der Waals surface area contributed by atoms with Crippen molar-refractivity contribution in [3.8, 4) is 11.5 Å². The van der Waals surface area contributed by atoms with Gasteiger partial charge in [0.25, 0.3) is 5.91 Å². The zero-order chi connectivity index (χ0) is 15.9. The molecule has 5 nitrogen and oxygen atoms in total. The number of benzene rings is 1. The quantitative estimate of drug-likeness (QED) is 0.834. The van der Waals surface area contributed by atoms with E-state index in [9.17, 15) is 4.79 Å². The fourth-order valence-corrected chi connectivity index (χ4v) is 2.69. The third-order valence-electron chi connectivity index (χ3n) is 3.88. The largest absolute Gasteiger partial charge is 0.490 e. The van der Waals surface area contributed by atoms with Crippen molar-refractivity contribution in [1.29, 1.82) is 0 Å². The van der Waals surface area contributed by atoms with E-state index in [-0.39, 0.29) is 24.4 Å². The van der Waals surface area contributed by atoms with Gasteiger partial charge >= 0.3 is 0 Å². The number of ether oxygens (including phenoxy) is 2. The molecule has 2 atom stereocenters. The van der Waals surface area contributed by atoms with Crippen LogP contribution in [0.3, 0.4) is 0 Å². The summed E-state index contributed by atoms with van der Waals surface area (Å²) in [7, 11) is 0. The Bertz CT molecular complexity index is 511. The smallest absolute Gasteiger partial charge is 0.251 e. The molecule has 1 saturated heterocycles. The van der Waals surface area contributed by atoms with Crippen LogP contribution >= 0.6 is 12.4 Å². The molecule has 1 heterocycles. The predicted molar refractivity (Wildman–Crippen MR) is 94.0 cm³/mol. The lowest BCUT2D eigenvalue weighted by atomic mass is 9.99. The Labute approximate surface area is 144 Å². The van der Waals surface area contributed by atoms with Gasteiger partial charge in [0.15, 0.2) is 11.5 Å². The lowest BCUT2D eigenvalue weighted by Crippen LogP contribution is -2.51. The van der Waals surface area contributed by atoms with E-state index in [0.29, 0.717) is 36.3 Å². The first-order valence-electron chi connectivity index (χ1n) is 8.09. The average molecular weight is 343 g/mol. The topological polar surface area (TPSA) is 59.6 Å². The summed E-state index contributed by atoms with van der Waals surface area (Å²) in [5.41, 5.74) is 0.602. The van der Waals surface area contributed by atoms with E-state index in [1.807, 2.05) is 13.8 Å². The first-order chi connectivity index (χ1) is 10.7. The number of nitrogens with one attached hydrogen (secondary N) is 2. The van der Waals surface area contributed by atoms with Gasteiger partial charge in [0.2, 0.25) is 0 Å². The molecule has 0 radical (unpaired) electrons. The van der Waals surface area contributed by atoms with Crippen LogP contribution in [0.25, 0.3) is 0 Å². The van der Waals surface area contributed by atoms with E-state index >= 15 is 0 Å². The third-order valence-corrected chi connectivity index (χ3v) is 3.88. The monoisotopic (exact) mass is 342 g/mol. The molecule has 1 aliphatic heterocycles. The molecule has 1 amide bonds. The molecule has 0 aliphatic carbocycles. The zero-order valence-electron chi connectivity index (χ0n) is 14.1. The molecule has 2 N–H and O–H groups in total. The van der Waals surface area contributed by atoms with Crippen molar-refractivity contribution >= 4 is 18.3 Å². The van der Waals surface area contributed by atoms with Crippen molar-refractivity contribution in [3.05, 3.63) is 23.8 Å². The van der Waals surface area contributed by atoms with Crippen molar-refractivity contribution in [2.75, 3.05) is 19.8 Å². The average Bonchev–Trinajstić information content (AvgIpc) is 2.51. The van der Waals surface area contributed by atoms with Gasteiger partial charge in [0.1, 0.15) is 0 Å². The molecule has 6 heteroatoms. The van der Waals surface area contributed by atoms with Crippen molar-refractivity contribution < 1.29 is 14.3 Å². The Balaban J connectivity index is 0.00000264. The van der Waals surface area contributed by atoms with Crippen molar-refractivity contribution in [2.45, 2.75) is 45.7 Å². The molecular formula is C17H27ClN2O3. The molecule has 1 fully saturated rings. The Morgan fingerprint density at radius 2 is 1.96 bits per heavy atom. The lowest BCUT2D eigenvalue weighted by molar-refractivity contribution is 0.0919. The number of carbonyl (C=O) groups excluding carboxylic acids is 1. The summed E-state index contributed by atoms with van der Waals surface area (Å²) >= 11 is 0. The molecule has 23 heavy (non-hydrogen) atoms. The number of hydrogen-bond acceptors (Lipinski definition) is 4. The summed E-state index contributed by atoms with van der Waals surface area (Å²) < 4.78 is 11.1. The van der Waals surface area contributed by atoms with Crippen LogP contribution in [0, 0.1) is 0 Å². The summed E-state index contributed by atoms with van der Waals surface area (Å²) in [5, 5.41) is 6.49. The third kappa shape index (κ3) is 5.29. The molecule has 0 bridgehead atoms. The molecule has 0 saturated carbocycles. The van der Waals surface area contributed by atoms with Gasteiger partial charge < -0.3 is 20.1 Å². The van der Waals surface area contributed by atoms with Crippen LogP contribution in [0.15, 0.2) is 18.2 Å². The van der Waals surface area contributed by atoms with E-state index < -0.39 is 0 Å². The minimum atomic E-state index is -0.0652. The van der Waals surface area contributed by atoms with Gasteiger partial charge in [-0.15, -0.1) is 12.4 Å². The van der Waals surface area contributed by atoms with Crippen molar-refractivity contribution in [1.82, 2.24) is 10.6 Å². The first-order valence-corrected chi connectivity index (χ1v) is 8.09. The second-order valence-electron chi connectivity index (χ2n) is 5.49. The summed E-state index contributed by atoms with van der Waals surface area (Å²) in [5.74, 6) is 1.23. The minimum Gasteiger partial charge on any atom is -0.490 e. The Kier molecular flexibility index (Phi) is 8.20. The molecule has 1 aliphatic rings. The van der Waals surface area contributed by atoms with E-state index in [1.54, 1.807) is 18.2 Å². The highest BCUT2D eigenvalue weighted by Gasteiger charge is 2.23. The number of rotatable bonds is 6. The van der Waals surface area contributed by atoms with E-state index in [2.05, 4.69) is 17.6 Å². The second kappa shape index (κ2) is 9.63. The van der Waals surface area contributed by atoms with Crippen LogP contribution in [0.2, 0.25) is 0 Å². The Morgan fingerprint density at radius 3 is 2.61 bits per heavy atom. The van der Waals surface area contributed by atoms with Crippen LogP contribution < -0.4 is 20.1 Å². The van der Waals surface area contributed by atoms with Crippen molar-refractivity contribution in [3.63, 3.8) is 0 Å². The SMILES string of the molecule is CCOc1ccc(C(=O)NC2CCCNC2C)cc1OCC.Cl. The highest BCUT2D eigenvalue weighted by Crippen LogP contribution is 2.28. The molecule has 2 rings (SSSR count). The molecule has 130 valence electrons. The maximum Gasteiger partial charge on any atom is 0.251 e. The van der Waals surface area contributed by atoms with Gasteiger partial charge in [0.05, 0.1) is 13.2 Å². The van der Waals surface area contributed by atoms with Crippen LogP contribution in [-0.2, 0) is 0 Å². The Hall–Kier alpha value is -1.46. The molecular weight excluding hydrogens is 316 g/mol. The first kappa shape index (κ1) is 19.6. The second-order valence-corrected chi connectivity index (χ2v) is 5.49. The molecule has 1 aromatic rings. The summed E-state index contributed by atoms with van der Waals surface area (Å²) in [6, 6.07) is 5.80. The molecule has 0 spiro atoms. The van der Waals surface area contributed by atoms with Gasteiger partial charge in [0, 0.05) is 17.6 Å². The van der Waals surface area contributed by atoms with Crippen LogP contribution in [0.1, 0.15) is 44.0 Å². The summed E-state index contributed by atoms with van der Waals surface area (Å²) in [6.45, 7) is 8.07. The van der Waals surface area contributed by atoms with E-state index in [0.717, 1.165) is 19.4 Å². The highest BCUT2D eigenvalue weighted by molar-refractivity contribution is 5.95. The van der Waals surface area contributed by atoms with Crippen LogP contribution in [0.4, 0.5) is 0 Å². The van der Waals surface area contributed by atoms with Gasteiger partial charge in [-0.2, -0.15) is 0 Å². The molecule has 2 unspecified atom stereocenters. The van der Waals surface area contributed by atoms with Gasteiger partial charge in [-0.05, 0) is 58.4 Å². The van der Waals surface area contributed by atoms with E-state index in [4.69, 9.17) is 9.47 Å². The maximum atomic E-state index is 12.4. The van der Waals surface area contributed by atoms with Crippen molar-refractivity contribution in [2.24, 2.45) is 0 Å². The Morgan fingerprint density at radius 1 is 1.26 bits per heavy atom. The van der Waals surface area contributed by atoms with E-state index in [1.165, 1.54) is 0 Å². The predicted octanol–water partition coefficient (Wildman–Crippen LogP) is 2.78.